The van der Waals surface area contributed by atoms with Gasteiger partial charge in [0.05, 0.1) is 25.1 Å². The van der Waals surface area contributed by atoms with E-state index in [-0.39, 0.29) is 17.5 Å². The third kappa shape index (κ3) is 2.86. The van der Waals surface area contributed by atoms with Gasteiger partial charge in [0.2, 0.25) is 5.91 Å². The largest absolute Gasteiger partial charge is 0.497 e. The minimum atomic E-state index is -1.37. The van der Waals surface area contributed by atoms with Crippen LogP contribution in [0.3, 0.4) is 0 Å². The van der Waals surface area contributed by atoms with E-state index in [9.17, 15) is 18.8 Å². The molecule has 1 saturated heterocycles. The van der Waals surface area contributed by atoms with Crippen LogP contribution in [0.15, 0.2) is 72.8 Å². The summed E-state index contributed by atoms with van der Waals surface area (Å²) in [5.74, 6) is -1.84. The van der Waals surface area contributed by atoms with E-state index in [0.717, 1.165) is 0 Å². The molecule has 3 aliphatic heterocycles. The molecule has 1 amide bonds. The van der Waals surface area contributed by atoms with Crippen LogP contribution in [0.5, 0.6) is 5.75 Å². The second kappa shape index (κ2) is 7.88. The van der Waals surface area contributed by atoms with Gasteiger partial charge in [-0.1, -0.05) is 42.5 Å². The third-order valence-electron chi connectivity index (χ3n) is 7.65. The molecule has 3 heterocycles. The van der Waals surface area contributed by atoms with Crippen molar-refractivity contribution in [3.63, 3.8) is 0 Å². The number of hydrogen-bond acceptors (Lipinski definition) is 5. The Morgan fingerprint density at radius 3 is 2.64 bits per heavy atom. The summed E-state index contributed by atoms with van der Waals surface area (Å²) in [6.07, 6.45) is 3.59. The number of nitrogens with zero attached hydrogens (tertiary/aromatic N) is 1. The van der Waals surface area contributed by atoms with E-state index in [2.05, 4.69) is 5.32 Å². The maximum absolute atomic E-state index is 14.4. The fourth-order valence-corrected chi connectivity index (χ4v) is 6.26. The van der Waals surface area contributed by atoms with Gasteiger partial charge in [0.1, 0.15) is 17.0 Å². The highest BCUT2D eigenvalue weighted by Gasteiger charge is 2.69. The summed E-state index contributed by atoms with van der Waals surface area (Å²) in [5, 5.41) is 2.97. The predicted octanol–water partition coefficient (Wildman–Crippen LogP) is 4.40. The van der Waals surface area contributed by atoms with E-state index in [1.807, 2.05) is 29.2 Å². The van der Waals surface area contributed by atoms with E-state index in [1.165, 1.54) is 26.2 Å². The number of ketones is 2. The number of anilines is 2. The first-order valence-electron chi connectivity index (χ1n) is 11.7. The van der Waals surface area contributed by atoms with E-state index >= 15 is 0 Å². The highest BCUT2D eigenvalue weighted by molar-refractivity contribution is 6.16. The smallest absolute Gasteiger partial charge is 0.238 e. The quantitative estimate of drug-likeness (QED) is 0.558. The number of rotatable bonds is 4. The molecule has 180 valence electrons. The lowest BCUT2D eigenvalue weighted by atomic mass is 9.64. The molecule has 0 unspecified atom stereocenters. The van der Waals surface area contributed by atoms with E-state index in [0.29, 0.717) is 33.8 Å². The van der Waals surface area contributed by atoms with Gasteiger partial charge in [0.25, 0.3) is 0 Å². The number of carbonyl (C=O) groups is 3. The predicted molar refractivity (Wildman–Crippen MR) is 134 cm³/mol. The second-order valence-corrected chi connectivity index (χ2v) is 9.41. The fourth-order valence-electron chi connectivity index (χ4n) is 6.26. The van der Waals surface area contributed by atoms with Gasteiger partial charge in [-0.15, -0.1) is 0 Å². The summed E-state index contributed by atoms with van der Waals surface area (Å²) in [6, 6.07) is 16.8. The molecule has 1 spiro atoms. The molecule has 0 aliphatic carbocycles. The summed E-state index contributed by atoms with van der Waals surface area (Å²) >= 11 is 0. The van der Waals surface area contributed by atoms with Crippen LogP contribution in [0.1, 0.15) is 28.4 Å². The Labute approximate surface area is 207 Å². The number of Topliss-reactive ketones (excluding diaryl/α,β-unsaturated/α-hetero) is 2. The van der Waals surface area contributed by atoms with Crippen molar-refractivity contribution in [3.8, 4) is 5.75 Å². The molecule has 4 atom stereocenters. The number of benzene rings is 3. The van der Waals surface area contributed by atoms with Crippen LogP contribution in [0.4, 0.5) is 15.8 Å². The molecular formula is C29H23FN2O4. The standard InChI is InChI=1S/C29H23FN2O4/c1-16(33)26-25(27(34)18-6-5-7-20(15-18)36-2)29(21-8-3-4-9-22(21)31-28(29)35)24-13-10-17-14-19(30)11-12-23(17)32(24)26/h3-15,24-26H,1-2H3,(H,31,35)/t24-,25+,26+,29-/m1/s1. The first-order chi connectivity index (χ1) is 17.4. The Hall–Kier alpha value is -4.26. The Morgan fingerprint density at radius 1 is 1.06 bits per heavy atom. The summed E-state index contributed by atoms with van der Waals surface area (Å²) < 4.78 is 19.4. The van der Waals surface area contributed by atoms with Gasteiger partial charge in [-0.25, -0.2) is 4.39 Å². The monoisotopic (exact) mass is 482 g/mol. The van der Waals surface area contributed by atoms with Gasteiger partial charge >= 0.3 is 0 Å². The molecule has 1 fully saturated rings. The number of hydrogen-bond donors (Lipinski definition) is 1. The highest BCUT2D eigenvalue weighted by atomic mass is 19.1. The molecule has 0 saturated carbocycles. The van der Waals surface area contributed by atoms with Crippen LogP contribution in [0.25, 0.3) is 6.08 Å². The van der Waals surface area contributed by atoms with Gasteiger partial charge in [-0.05, 0) is 48.9 Å². The molecule has 6 rings (SSSR count). The Bertz CT molecular complexity index is 1480. The van der Waals surface area contributed by atoms with Crippen molar-refractivity contribution in [2.45, 2.75) is 24.4 Å². The van der Waals surface area contributed by atoms with Crippen LogP contribution < -0.4 is 15.0 Å². The zero-order valence-corrected chi connectivity index (χ0v) is 19.7. The molecule has 7 heteroatoms. The number of halogens is 1. The van der Waals surface area contributed by atoms with Crippen molar-refractivity contribution in [2.75, 3.05) is 17.3 Å². The lowest BCUT2D eigenvalue weighted by Crippen LogP contribution is -2.51. The van der Waals surface area contributed by atoms with Crippen molar-refractivity contribution >= 4 is 34.9 Å². The maximum Gasteiger partial charge on any atom is 0.238 e. The Kier molecular flexibility index (Phi) is 4.86. The molecule has 3 aromatic rings. The molecular weight excluding hydrogens is 459 g/mol. The lowest BCUT2D eigenvalue weighted by molar-refractivity contribution is -0.122. The van der Waals surface area contributed by atoms with Gasteiger partial charge in [0.15, 0.2) is 11.6 Å². The minimum Gasteiger partial charge on any atom is -0.497 e. The molecule has 3 aromatic carbocycles. The number of nitrogens with one attached hydrogen (secondary N) is 1. The topological polar surface area (TPSA) is 75.7 Å². The summed E-state index contributed by atoms with van der Waals surface area (Å²) in [6.45, 7) is 1.44. The first-order valence-corrected chi connectivity index (χ1v) is 11.7. The normalized spacial score (nSPS) is 25.2. The molecule has 1 N–H and O–H groups in total. The Morgan fingerprint density at radius 2 is 1.86 bits per heavy atom. The molecule has 0 bridgehead atoms. The lowest BCUT2D eigenvalue weighted by Gasteiger charge is -2.37. The summed E-state index contributed by atoms with van der Waals surface area (Å²) in [5.41, 5.74) is 1.48. The van der Waals surface area contributed by atoms with Crippen LogP contribution in [0, 0.1) is 11.7 Å². The van der Waals surface area contributed by atoms with Crippen molar-refractivity contribution in [1.29, 1.82) is 0 Å². The zero-order valence-electron chi connectivity index (χ0n) is 19.7. The SMILES string of the molecule is COc1cccc(C(=O)[C@@H]2[C@H](C(C)=O)N3c4ccc(F)cc4C=C[C@@H]3[C@@]23C(=O)Nc2ccccc23)c1. The van der Waals surface area contributed by atoms with E-state index in [1.54, 1.807) is 42.5 Å². The van der Waals surface area contributed by atoms with Crippen LogP contribution in [0.2, 0.25) is 0 Å². The van der Waals surface area contributed by atoms with Crippen molar-refractivity contribution < 1.29 is 23.5 Å². The van der Waals surface area contributed by atoms with Gasteiger partial charge in [-0.2, -0.15) is 0 Å². The number of amides is 1. The van der Waals surface area contributed by atoms with Crippen molar-refractivity contribution in [2.24, 2.45) is 5.92 Å². The molecule has 36 heavy (non-hydrogen) atoms. The van der Waals surface area contributed by atoms with Gasteiger partial charge in [-0.3, -0.25) is 14.4 Å². The molecule has 0 radical (unpaired) electrons. The number of carbonyl (C=O) groups excluding carboxylic acids is 3. The average molecular weight is 483 g/mol. The van der Waals surface area contributed by atoms with Gasteiger partial charge < -0.3 is 15.0 Å². The fraction of sp³-hybridized carbons (Fsp3) is 0.207. The number of methoxy groups -OCH3 is 1. The second-order valence-electron chi connectivity index (χ2n) is 9.41. The Balaban J connectivity index is 1.65. The van der Waals surface area contributed by atoms with Crippen LogP contribution in [-0.2, 0) is 15.0 Å². The van der Waals surface area contributed by atoms with Crippen molar-refractivity contribution in [1.82, 2.24) is 0 Å². The average Bonchev–Trinajstić information content (AvgIpc) is 3.36. The van der Waals surface area contributed by atoms with E-state index in [4.69, 9.17) is 4.74 Å². The van der Waals surface area contributed by atoms with E-state index < -0.39 is 29.2 Å². The first kappa shape index (κ1) is 22.2. The number of ether oxygens (including phenoxy) is 1. The van der Waals surface area contributed by atoms with Crippen LogP contribution >= 0.6 is 0 Å². The number of fused-ring (bicyclic) bond motifs is 6. The molecule has 3 aliphatic rings. The zero-order chi connectivity index (χ0) is 25.2. The minimum absolute atomic E-state index is 0.249. The third-order valence-corrected chi connectivity index (χ3v) is 7.65. The van der Waals surface area contributed by atoms with Gasteiger partial charge in [0, 0.05) is 22.5 Å². The van der Waals surface area contributed by atoms with Crippen molar-refractivity contribution in [3.05, 3.63) is 95.3 Å². The number of para-hydroxylation sites is 1. The molecule has 0 aromatic heterocycles. The maximum atomic E-state index is 14.4. The molecule has 6 nitrogen and oxygen atoms in total. The van der Waals surface area contributed by atoms with Crippen LogP contribution in [-0.4, -0.2) is 36.7 Å². The summed E-state index contributed by atoms with van der Waals surface area (Å²) in [7, 11) is 1.51. The summed E-state index contributed by atoms with van der Waals surface area (Å²) in [4.78, 5) is 43.5. The highest BCUT2D eigenvalue weighted by Crippen LogP contribution is 2.57.